The molecule has 0 aliphatic carbocycles. The van der Waals surface area contributed by atoms with E-state index in [2.05, 4.69) is 4.98 Å². The summed E-state index contributed by atoms with van der Waals surface area (Å²) in [4.78, 5) is 19.2. The minimum Gasteiger partial charge on any atom is -0.339 e. The molecular weight excluding hydrogens is 280 g/mol. The van der Waals surface area contributed by atoms with Gasteiger partial charge in [-0.2, -0.15) is 0 Å². The third kappa shape index (κ3) is 3.33. The van der Waals surface area contributed by atoms with Gasteiger partial charge in [-0.05, 0) is 12.5 Å². The number of thiazole rings is 1. The van der Waals surface area contributed by atoms with Crippen molar-refractivity contribution in [1.29, 1.82) is 0 Å². The molecule has 3 nitrogen and oxygen atoms in total. The second kappa shape index (κ2) is 6.17. The van der Waals surface area contributed by atoms with Crippen LogP contribution < -0.4 is 0 Å². The Morgan fingerprint density at radius 2 is 2.11 bits per heavy atom. The summed E-state index contributed by atoms with van der Waals surface area (Å²) in [6, 6.07) is 9.39. The number of rotatable bonds is 4. The molecule has 0 radical (unpaired) electrons. The summed E-state index contributed by atoms with van der Waals surface area (Å²) in [6.45, 7) is 2.49. The summed E-state index contributed by atoms with van der Waals surface area (Å²) in [7, 11) is 1.76. The quantitative estimate of drug-likeness (QED) is 0.810. The van der Waals surface area contributed by atoms with Crippen LogP contribution in [0.4, 0.5) is 0 Å². The molecule has 100 valence electrons. The topological polar surface area (TPSA) is 33.2 Å². The summed E-state index contributed by atoms with van der Waals surface area (Å²) in [5, 5.41) is -0.639. The van der Waals surface area contributed by atoms with E-state index in [-0.39, 0.29) is 5.91 Å². The number of amides is 1. The standard InChI is InChI=1S/C14H15ClN2OS/c1-10-12(19-9-16-10)8-17(2)14(18)13(15)11-6-4-3-5-7-11/h3-7,9,13H,8H2,1-2H3. The molecule has 5 heteroatoms. The maximum atomic E-state index is 12.3. The van der Waals surface area contributed by atoms with Gasteiger partial charge in [0, 0.05) is 11.9 Å². The van der Waals surface area contributed by atoms with E-state index in [4.69, 9.17) is 11.6 Å². The zero-order valence-corrected chi connectivity index (χ0v) is 12.4. The Labute approximate surface area is 121 Å². The zero-order chi connectivity index (χ0) is 13.8. The largest absolute Gasteiger partial charge is 0.339 e. The van der Waals surface area contributed by atoms with Crippen molar-refractivity contribution in [1.82, 2.24) is 9.88 Å². The third-order valence-corrected chi connectivity index (χ3v) is 4.27. The molecule has 1 unspecified atom stereocenters. The lowest BCUT2D eigenvalue weighted by molar-refractivity contribution is -0.130. The van der Waals surface area contributed by atoms with Gasteiger partial charge < -0.3 is 4.90 Å². The number of aryl methyl sites for hydroxylation is 1. The Balaban J connectivity index is 2.05. The van der Waals surface area contributed by atoms with Gasteiger partial charge in [0.05, 0.1) is 17.7 Å². The van der Waals surface area contributed by atoms with Crippen molar-refractivity contribution in [2.24, 2.45) is 0 Å². The maximum absolute atomic E-state index is 12.3. The van der Waals surface area contributed by atoms with Crippen LogP contribution in [-0.2, 0) is 11.3 Å². The van der Waals surface area contributed by atoms with Crippen molar-refractivity contribution < 1.29 is 4.79 Å². The molecule has 1 atom stereocenters. The highest BCUT2D eigenvalue weighted by atomic mass is 35.5. The van der Waals surface area contributed by atoms with Crippen molar-refractivity contribution in [2.75, 3.05) is 7.05 Å². The van der Waals surface area contributed by atoms with E-state index in [1.807, 2.05) is 37.3 Å². The number of nitrogens with zero attached hydrogens (tertiary/aromatic N) is 2. The normalized spacial score (nSPS) is 12.2. The lowest BCUT2D eigenvalue weighted by Crippen LogP contribution is -2.29. The van der Waals surface area contributed by atoms with Gasteiger partial charge in [0.15, 0.2) is 0 Å². The van der Waals surface area contributed by atoms with Crippen LogP contribution in [-0.4, -0.2) is 22.8 Å². The van der Waals surface area contributed by atoms with E-state index in [1.54, 1.807) is 28.8 Å². The van der Waals surface area contributed by atoms with Gasteiger partial charge in [0.25, 0.3) is 0 Å². The van der Waals surface area contributed by atoms with Crippen LogP contribution in [0.5, 0.6) is 0 Å². The van der Waals surface area contributed by atoms with Gasteiger partial charge in [-0.1, -0.05) is 30.3 Å². The number of alkyl halides is 1. The number of hydrogen-bond donors (Lipinski definition) is 0. The molecule has 0 aliphatic rings. The summed E-state index contributed by atoms with van der Waals surface area (Å²) in [5.74, 6) is -0.0966. The number of carbonyl (C=O) groups is 1. The molecule has 2 rings (SSSR count). The van der Waals surface area contributed by atoms with Gasteiger partial charge in [-0.15, -0.1) is 22.9 Å². The number of benzene rings is 1. The Morgan fingerprint density at radius 3 is 2.68 bits per heavy atom. The Kier molecular flexibility index (Phi) is 4.56. The van der Waals surface area contributed by atoms with Crippen molar-refractivity contribution in [3.63, 3.8) is 0 Å². The van der Waals surface area contributed by atoms with E-state index >= 15 is 0 Å². The summed E-state index contributed by atoms with van der Waals surface area (Å²) in [5.41, 5.74) is 3.58. The molecule has 0 bridgehead atoms. The van der Waals surface area contributed by atoms with Crippen LogP contribution in [0.3, 0.4) is 0 Å². The van der Waals surface area contributed by atoms with E-state index in [1.165, 1.54) is 0 Å². The van der Waals surface area contributed by atoms with E-state index < -0.39 is 5.38 Å². The Morgan fingerprint density at radius 1 is 1.42 bits per heavy atom. The molecule has 19 heavy (non-hydrogen) atoms. The number of likely N-dealkylation sites (N-methyl/N-ethyl adjacent to an activating group) is 1. The summed E-state index contributed by atoms with van der Waals surface area (Å²) >= 11 is 7.78. The first-order valence-electron chi connectivity index (χ1n) is 5.92. The number of aromatic nitrogens is 1. The van der Waals surface area contributed by atoms with Crippen LogP contribution in [0, 0.1) is 6.92 Å². The van der Waals surface area contributed by atoms with Crippen LogP contribution in [0.15, 0.2) is 35.8 Å². The molecule has 1 aromatic carbocycles. The molecule has 0 aliphatic heterocycles. The highest BCUT2D eigenvalue weighted by Gasteiger charge is 2.22. The second-order valence-corrected chi connectivity index (χ2v) is 5.70. The minimum atomic E-state index is -0.639. The summed E-state index contributed by atoms with van der Waals surface area (Å²) in [6.07, 6.45) is 0. The SMILES string of the molecule is Cc1ncsc1CN(C)C(=O)C(Cl)c1ccccc1. The van der Waals surface area contributed by atoms with Crippen LogP contribution >= 0.6 is 22.9 Å². The molecule has 0 fully saturated rings. The number of hydrogen-bond acceptors (Lipinski definition) is 3. The fraction of sp³-hybridized carbons (Fsp3) is 0.286. The van der Waals surface area contributed by atoms with Gasteiger partial charge in [-0.3, -0.25) is 4.79 Å². The number of carbonyl (C=O) groups excluding carboxylic acids is 1. The fourth-order valence-corrected chi connectivity index (χ4v) is 2.87. The third-order valence-electron chi connectivity index (χ3n) is 2.91. The molecule has 0 saturated heterocycles. The molecular formula is C14H15ClN2OS. The average molecular weight is 295 g/mol. The van der Waals surface area contributed by atoms with E-state index in [9.17, 15) is 4.79 Å². The highest BCUT2D eigenvalue weighted by Crippen LogP contribution is 2.24. The predicted molar refractivity (Wildman–Crippen MR) is 78.4 cm³/mol. The van der Waals surface area contributed by atoms with Gasteiger partial charge >= 0.3 is 0 Å². The van der Waals surface area contributed by atoms with Gasteiger partial charge in [0.1, 0.15) is 5.38 Å². The predicted octanol–water partition coefficient (Wildman–Crippen LogP) is 3.39. The van der Waals surface area contributed by atoms with Crippen molar-refractivity contribution in [2.45, 2.75) is 18.8 Å². The number of halogens is 1. The zero-order valence-electron chi connectivity index (χ0n) is 10.8. The smallest absolute Gasteiger partial charge is 0.245 e. The van der Waals surface area contributed by atoms with Gasteiger partial charge in [-0.25, -0.2) is 4.98 Å². The first-order valence-corrected chi connectivity index (χ1v) is 7.24. The lowest BCUT2D eigenvalue weighted by Gasteiger charge is -2.20. The highest BCUT2D eigenvalue weighted by molar-refractivity contribution is 7.09. The van der Waals surface area contributed by atoms with Crippen molar-refractivity contribution in [3.05, 3.63) is 52.0 Å². The van der Waals surface area contributed by atoms with Crippen LogP contribution in [0.1, 0.15) is 21.5 Å². The second-order valence-electron chi connectivity index (χ2n) is 4.33. The van der Waals surface area contributed by atoms with Crippen LogP contribution in [0.2, 0.25) is 0 Å². The molecule has 0 spiro atoms. The maximum Gasteiger partial charge on any atom is 0.245 e. The Bertz CT molecular complexity index is 556. The molecule has 0 N–H and O–H groups in total. The first kappa shape index (κ1) is 14.0. The average Bonchev–Trinajstić information content (AvgIpc) is 2.83. The van der Waals surface area contributed by atoms with Gasteiger partial charge in [0.2, 0.25) is 5.91 Å². The molecule has 1 heterocycles. The molecule has 1 amide bonds. The van der Waals surface area contributed by atoms with Crippen molar-refractivity contribution in [3.8, 4) is 0 Å². The fourth-order valence-electron chi connectivity index (χ4n) is 1.73. The molecule has 1 aromatic heterocycles. The monoisotopic (exact) mass is 294 g/mol. The molecule has 2 aromatic rings. The molecule has 0 saturated carbocycles. The first-order chi connectivity index (χ1) is 9.09. The van der Waals surface area contributed by atoms with Crippen molar-refractivity contribution >= 4 is 28.8 Å². The van der Waals surface area contributed by atoms with E-state index in [0.717, 1.165) is 16.1 Å². The summed E-state index contributed by atoms with van der Waals surface area (Å²) < 4.78 is 0. The minimum absolute atomic E-state index is 0.0966. The van der Waals surface area contributed by atoms with Crippen LogP contribution in [0.25, 0.3) is 0 Å². The van der Waals surface area contributed by atoms with E-state index in [0.29, 0.717) is 6.54 Å². The Hall–Kier alpha value is -1.39. The lowest BCUT2D eigenvalue weighted by atomic mass is 10.1.